The maximum absolute atomic E-state index is 10.7. The molecule has 8 heteroatoms. The molecule has 0 aliphatic rings. The fourth-order valence-corrected chi connectivity index (χ4v) is 2.58. The highest BCUT2D eigenvalue weighted by molar-refractivity contribution is 9.10. The number of nitrogens with zero attached hydrogens (tertiary/aromatic N) is 1. The minimum absolute atomic E-state index is 0.00989. The van der Waals surface area contributed by atoms with E-state index >= 15 is 0 Å². The summed E-state index contributed by atoms with van der Waals surface area (Å²) in [6, 6.07) is 5.81. The van der Waals surface area contributed by atoms with Gasteiger partial charge in [0, 0.05) is 33.6 Å². The Balaban J connectivity index is 2.06. The fraction of sp³-hybridized carbons (Fsp3) is 0.0833. The highest BCUT2D eigenvalue weighted by Gasteiger charge is 2.11. The number of hydrogen-bond donors (Lipinski definition) is 1. The second kappa shape index (κ2) is 6.02. The second-order valence-electron chi connectivity index (χ2n) is 3.77. The first-order chi connectivity index (χ1) is 9.47. The third-order valence-electron chi connectivity index (χ3n) is 2.43. The van der Waals surface area contributed by atoms with Crippen LogP contribution in [-0.2, 0) is 6.61 Å². The minimum Gasteiger partial charge on any atom is -0.488 e. The molecule has 1 aromatic carbocycles. The molecule has 104 valence electrons. The Morgan fingerprint density at radius 1 is 1.45 bits per heavy atom. The molecule has 0 atom stereocenters. The summed E-state index contributed by atoms with van der Waals surface area (Å²) < 4.78 is 6.02. The van der Waals surface area contributed by atoms with Crippen LogP contribution in [0.25, 0.3) is 0 Å². The SMILES string of the molecule is O=C(O)c1cc(OCc2ccc([N+](=O)[O-])cc2Br)cs1. The van der Waals surface area contributed by atoms with Gasteiger partial charge in [-0.15, -0.1) is 11.3 Å². The van der Waals surface area contributed by atoms with Crippen molar-refractivity contribution < 1.29 is 19.6 Å². The van der Waals surface area contributed by atoms with Gasteiger partial charge in [-0.2, -0.15) is 0 Å². The number of rotatable bonds is 5. The lowest BCUT2D eigenvalue weighted by molar-refractivity contribution is -0.384. The Morgan fingerprint density at radius 3 is 2.75 bits per heavy atom. The van der Waals surface area contributed by atoms with E-state index in [1.807, 2.05) is 0 Å². The Kier molecular flexibility index (Phi) is 4.35. The third kappa shape index (κ3) is 3.34. The number of non-ortho nitro benzene ring substituents is 1. The molecule has 6 nitrogen and oxygen atoms in total. The Hall–Kier alpha value is -1.93. The largest absolute Gasteiger partial charge is 0.488 e. The van der Waals surface area contributed by atoms with Gasteiger partial charge < -0.3 is 9.84 Å². The van der Waals surface area contributed by atoms with Crippen LogP contribution in [-0.4, -0.2) is 16.0 Å². The molecule has 0 amide bonds. The van der Waals surface area contributed by atoms with Gasteiger partial charge in [0.05, 0.1) is 4.92 Å². The van der Waals surface area contributed by atoms with E-state index in [4.69, 9.17) is 9.84 Å². The molecule has 2 rings (SSSR count). The van der Waals surface area contributed by atoms with Crippen molar-refractivity contribution in [3.05, 3.63) is 54.7 Å². The summed E-state index contributed by atoms with van der Waals surface area (Å²) in [5, 5.41) is 21.0. The Morgan fingerprint density at radius 2 is 2.20 bits per heavy atom. The van der Waals surface area contributed by atoms with Gasteiger partial charge in [0.1, 0.15) is 17.2 Å². The molecule has 1 aromatic heterocycles. The molecular weight excluding hydrogens is 350 g/mol. The van der Waals surface area contributed by atoms with Crippen LogP contribution in [0.3, 0.4) is 0 Å². The summed E-state index contributed by atoms with van der Waals surface area (Å²) >= 11 is 4.32. The van der Waals surface area contributed by atoms with Gasteiger partial charge in [0.15, 0.2) is 0 Å². The first-order valence-corrected chi connectivity index (χ1v) is 7.02. The van der Waals surface area contributed by atoms with Gasteiger partial charge in [-0.1, -0.05) is 15.9 Å². The van der Waals surface area contributed by atoms with Crippen LogP contribution >= 0.6 is 27.3 Å². The van der Waals surface area contributed by atoms with Crippen LogP contribution in [0.1, 0.15) is 15.2 Å². The molecule has 20 heavy (non-hydrogen) atoms. The summed E-state index contributed by atoms with van der Waals surface area (Å²) in [4.78, 5) is 21.1. The molecular formula is C12H8BrNO5S. The van der Waals surface area contributed by atoms with Crippen LogP contribution in [0.5, 0.6) is 5.75 Å². The maximum Gasteiger partial charge on any atom is 0.346 e. The molecule has 0 radical (unpaired) electrons. The van der Waals surface area contributed by atoms with E-state index in [-0.39, 0.29) is 17.2 Å². The summed E-state index contributed by atoms with van der Waals surface area (Å²) in [5.41, 5.74) is 0.725. The number of carboxylic acids is 1. The lowest BCUT2D eigenvalue weighted by Crippen LogP contribution is -1.97. The molecule has 1 N–H and O–H groups in total. The highest BCUT2D eigenvalue weighted by Crippen LogP contribution is 2.26. The molecule has 0 saturated carbocycles. The standard InChI is InChI=1S/C12H8BrNO5S/c13-10-3-8(14(17)18)2-1-7(10)5-19-9-4-11(12(15)16)20-6-9/h1-4,6H,5H2,(H,15,16). The molecule has 0 aliphatic carbocycles. The highest BCUT2D eigenvalue weighted by atomic mass is 79.9. The number of nitro groups is 1. The van der Waals surface area contributed by atoms with E-state index in [1.54, 1.807) is 11.4 Å². The van der Waals surface area contributed by atoms with E-state index < -0.39 is 10.9 Å². The fourth-order valence-electron chi connectivity index (χ4n) is 1.43. The van der Waals surface area contributed by atoms with Gasteiger partial charge in [0.25, 0.3) is 5.69 Å². The van der Waals surface area contributed by atoms with Crippen LogP contribution in [0.15, 0.2) is 34.1 Å². The molecule has 0 saturated heterocycles. The second-order valence-corrected chi connectivity index (χ2v) is 5.54. The Bertz CT molecular complexity index is 670. The van der Waals surface area contributed by atoms with Crippen molar-refractivity contribution in [1.82, 2.24) is 0 Å². The first kappa shape index (κ1) is 14.5. The van der Waals surface area contributed by atoms with Crippen molar-refractivity contribution in [3.63, 3.8) is 0 Å². The molecule has 0 fully saturated rings. The smallest absolute Gasteiger partial charge is 0.346 e. The van der Waals surface area contributed by atoms with Crippen LogP contribution in [0.4, 0.5) is 5.69 Å². The monoisotopic (exact) mass is 357 g/mol. The zero-order valence-electron chi connectivity index (χ0n) is 9.91. The Labute approximate surface area is 125 Å². The third-order valence-corrected chi connectivity index (χ3v) is 4.06. The average Bonchev–Trinajstić information content (AvgIpc) is 2.86. The number of ether oxygens (including phenoxy) is 1. The van der Waals surface area contributed by atoms with Gasteiger partial charge in [-0.3, -0.25) is 10.1 Å². The maximum atomic E-state index is 10.7. The molecule has 1 heterocycles. The zero-order valence-corrected chi connectivity index (χ0v) is 12.3. The number of thiophene rings is 1. The first-order valence-electron chi connectivity index (χ1n) is 5.35. The van der Waals surface area contributed by atoms with Gasteiger partial charge in [-0.25, -0.2) is 4.79 Å². The van der Waals surface area contributed by atoms with Crippen LogP contribution in [0, 0.1) is 10.1 Å². The summed E-state index contributed by atoms with van der Waals surface area (Å²) in [7, 11) is 0. The van der Waals surface area contributed by atoms with Crippen molar-refractivity contribution in [2.75, 3.05) is 0 Å². The van der Waals surface area contributed by atoms with E-state index in [1.165, 1.54) is 18.2 Å². The van der Waals surface area contributed by atoms with E-state index in [2.05, 4.69) is 15.9 Å². The van der Waals surface area contributed by atoms with E-state index in [9.17, 15) is 14.9 Å². The van der Waals surface area contributed by atoms with Gasteiger partial charge in [-0.05, 0) is 6.07 Å². The predicted molar refractivity (Wildman–Crippen MR) is 76.4 cm³/mol. The van der Waals surface area contributed by atoms with Crippen molar-refractivity contribution in [2.45, 2.75) is 6.61 Å². The number of carboxylic acid groups (broad SMARTS) is 1. The number of nitro benzene ring substituents is 1. The number of halogens is 1. The molecule has 0 unspecified atom stereocenters. The number of benzene rings is 1. The summed E-state index contributed by atoms with van der Waals surface area (Å²) in [6.45, 7) is 0.189. The minimum atomic E-state index is -0.999. The van der Waals surface area contributed by atoms with Crippen LogP contribution < -0.4 is 4.74 Å². The topological polar surface area (TPSA) is 89.7 Å². The van der Waals surface area contributed by atoms with Gasteiger partial charge >= 0.3 is 5.97 Å². The number of aromatic carboxylic acids is 1. The molecule has 0 spiro atoms. The summed E-state index contributed by atoms with van der Waals surface area (Å²) in [5.74, 6) is -0.543. The number of hydrogen-bond acceptors (Lipinski definition) is 5. The van der Waals surface area contributed by atoms with Crippen molar-refractivity contribution in [3.8, 4) is 5.75 Å². The molecule has 0 bridgehead atoms. The van der Waals surface area contributed by atoms with Crippen LogP contribution in [0.2, 0.25) is 0 Å². The van der Waals surface area contributed by atoms with Gasteiger partial charge in [0.2, 0.25) is 0 Å². The van der Waals surface area contributed by atoms with Crippen molar-refractivity contribution in [2.24, 2.45) is 0 Å². The lowest BCUT2D eigenvalue weighted by atomic mass is 10.2. The molecule has 0 aliphatic heterocycles. The molecule has 2 aromatic rings. The average molecular weight is 358 g/mol. The normalized spacial score (nSPS) is 10.2. The number of carbonyl (C=O) groups is 1. The van der Waals surface area contributed by atoms with Crippen molar-refractivity contribution in [1.29, 1.82) is 0 Å². The lowest BCUT2D eigenvalue weighted by Gasteiger charge is -2.06. The van der Waals surface area contributed by atoms with Crippen molar-refractivity contribution >= 4 is 38.9 Å². The predicted octanol–water partition coefficient (Wildman–Crippen LogP) is 3.70. The van der Waals surface area contributed by atoms with E-state index in [0.717, 1.165) is 16.9 Å². The van der Waals surface area contributed by atoms with E-state index in [0.29, 0.717) is 10.2 Å². The quantitative estimate of drug-likeness (QED) is 0.650. The zero-order chi connectivity index (χ0) is 14.7. The summed E-state index contributed by atoms with van der Waals surface area (Å²) in [6.07, 6.45) is 0.